The molecule has 14 nitrogen and oxygen atoms in total. The van der Waals surface area contributed by atoms with E-state index in [4.69, 9.17) is 11.6 Å². The first-order chi connectivity index (χ1) is 29.0. The maximum atomic E-state index is 14.1. The van der Waals surface area contributed by atoms with Crippen LogP contribution in [0.2, 0.25) is 5.02 Å². The van der Waals surface area contributed by atoms with Crippen LogP contribution in [0.5, 0.6) is 0 Å². The highest BCUT2D eigenvalue weighted by atomic mass is 35.5. The molecule has 1 heterocycles. The third-order valence-corrected chi connectivity index (χ3v) is 11.6. The lowest BCUT2D eigenvalue weighted by atomic mass is 10.0. The summed E-state index contributed by atoms with van der Waals surface area (Å²) in [5.41, 5.74) is 3.72. The van der Waals surface area contributed by atoms with Gasteiger partial charge < -0.3 is 31.6 Å². The van der Waals surface area contributed by atoms with E-state index in [2.05, 4.69) is 36.6 Å². The van der Waals surface area contributed by atoms with Gasteiger partial charge in [-0.1, -0.05) is 92.2 Å². The summed E-state index contributed by atoms with van der Waals surface area (Å²) < 4.78 is 26.2. The molecular weight excluding hydrogens is 816 g/mol. The smallest absolute Gasteiger partial charge is 0.251 e. The molecule has 6 N–H and O–H groups in total. The van der Waals surface area contributed by atoms with E-state index in [9.17, 15) is 27.6 Å². The Morgan fingerprint density at radius 2 is 1.46 bits per heavy atom. The number of carbonyl (C=O) groups excluding carboxylic acids is 4. The second-order valence-electron chi connectivity index (χ2n) is 15.3. The maximum absolute atomic E-state index is 14.1. The maximum Gasteiger partial charge on any atom is 0.251 e. The van der Waals surface area contributed by atoms with E-state index in [0.29, 0.717) is 11.4 Å². The molecule has 322 valence electrons. The van der Waals surface area contributed by atoms with Gasteiger partial charge in [0.1, 0.15) is 11.9 Å². The van der Waals surface area contributed by atoms with Gasteiger partial charge in [0.05, 0.1) is 24.0 Å². The molecule has 16 heteroatoms. The molecule has 0 aliphatic heterocycles. The Labute approximate surface area is 362 Å². The number of nitrogens with zero attached hydrogens (tertiary/aromatic N) is 2. The second-order valence-corrected chi connectivity index (χ2v) is 17.8. The number of imidazole rings is 1. The van der Waals surface area contributed by atoms with Gasteiger partial charge in [0.15, 0.2) is 0 Å². The van der Waals surface area contributed by atoms with Crippen molar-refractivity contribution in [2.75, 3.05) is 24.2 Å². The number of hydrogen-bond acceptors (Lipinski definition) is 8. The first kappa shape index (κ1) is 46.0. The Morgan fingerprint density at radius 1 is 0.787 bits per heavy atom. The first-order valence-corrected chi connectivity index (χ1v) is 22.1. The number of rotatable bonds is 19. The Balaban J connectivity index is 1.27. The summed E-state index contributed by atoms with van der Waals surface area (Å²) in [5, 5.41) is 15.5. The zero-order valence-corrected chi connectivity index (χ0v) is 36.6. The van der Waals surface area contributed by atoms with Gasteiger partial charge in [0.2, 0.25) is 21.8 Å². The number of aromatic amines is 1. The summed E-state index contributed by atoms with van der Waals surface area (Å²) in [6.45, 7) is 7.58. The standard InChI is InChI=1S/C45H53ClN8O6S/c1-28(2)40(45(58)50-26-32-15-17-33(18-16-32)41-47-19-20-48-41)53-42(55)30(4)49-27-38(21-31-11-8-7-9-12-31)52-44(57)36-22-35(24-39(25-36)54(5)61(6,59)60)43(56)51-29(3)34-13-10-14-37(46)23-34/h7-20,22-25,28-30,38,40,49H,21,26-27H2,1-6H3,(H,47,48)(H,50,58)(H,51,56)(H,52,57)(H,53,55)/t29-,30+,38+,40+/m1/s1. The molecule has 61 heavy (non-hydrogen) atoms. The topological polar surface area (TPSA) is 194 Å². The third-order valence-electron chi connectivity index (χ3n) is 10.2. The van der Waals surface area contributed by atoms with Gasteiger partial charge in [-0.15, -0.1) is 0 Å². The minimum atomic E-state index is -3.77. The van der Waals surface area contributed by atoms with Gasteiger partial charge in [-0.3, -0.25) is 23.5 Å². The van der Waals surface area contributed by atoms with Crippen molar-refractivity contribution in [1.82, 2.24) is 36.6 Å². The molecule has 0 bridgehead atoms. The quantitative estimate of drug-likeness (QED) is 0.0636. The highest BCUT2D eigenvalue weighted by molar-refractivity contribution is 7.92. The summed E-state index contributed by atoms with van der Waals surface area (Å²) >= 11 is 6.17. The second kappa shape index (κ2) is 21.0. The highest BCUT2D eigenvalue weighted by Gasteiger charge is 2.27. The zero-order valence-electron chi connectivity index (χ0n) is 35.0. The fourth-order valence-corrected chi connectivity index (χ4v) is 7.14. The van der Waals surface area contributed by atoms with Crippen LogP contribution in [0.1, 0.15) is 71.1 Å². The van der Waals surface area contributed by atoms with E-state index >= 15 is 0 Å². The average Bonchev–Trinajstić information content (AvgIpc) is 3.78. The van der Waals surface area contributed by atoms with E-state index in [-0.39, 0.29) is 41.7 Å². The fraction of sp³-hybridized carbons (Fsp3) is 0.311. The predicted molar refractivity (Wildman–Crippen MR) is 239 cm³/mol. The van der Waals surface area contributed by atoms with Gasteiger partial charge in [0, 0.05) is 60.3 Å². The van der Waals surface area contributed by atoms with Crippen molar-refractivity contribution < 1.29 is 27.6 Å². The van der Waals surface area contributed by atoms with Crippen LogP contribution < -0.4 is 30.9 Å². The van der Waals surface area contributed by atoms with Crippen molar-refractivity contribution in [3.05, 3.63) is 142 Å². The molecule has 5 aromatic rings. The molecule has 0 fully saturated rings. The number of amides is 4. The van der Waals surface area contributed by atoms with Crippen molar-refractivity contribution in [3.63, 3.8) is 0 Å². The molecule has 0 radical (unpaired) electrons. The Kier molecular flexibility index (Phi) is 15.8. The zero-order chi connectivity index (χ0) is 44.3. The van der Waals surface area contributed by atoms with Crippen LogP contribution >= 0.6 is 11.6 Å². The average molecular weight is 869 g/mol. The lowest BCUT2D eigenvalue weighted by Gasteiger charge is -2.26. The van der Waals surface area contributed by atoms with E-state index in [1.54, 1.807) is 44.4 Å². The van der Waals surface area contributed by atoms with Crippen LogP contribution in [-0.2, 0) is 32.6 Å². The van der Waals surface area contributed by atoms with Crippen molar-refractivity contribution in [1.29, 1.82) is 0 Å². The number of sulfonamides is 1. The summed E-state index contributed by atoms with van der Waals surface area (Å²) in [6, 6.07) is 25.8. The van der Waals surface area contributed by atoms with Gasteiger partial charge in [0.25, 0.3) is 11.8 Å². The normalized spacial score (nSPS) is 13.4. The SMILES string of the molecule is CC(C)[C@H](NC(=O)[C@H](C)NC[C@H](Cc1ccccc1)NC(=O)c1cc(C(=O)N[C@H](C)c2cccc(Cl)c2)cc(N(C)S(C)(=O)=O)c1)C(=O)NCc1ccc(-c2ncc[nH]2)cc1. The van der Waals surface area contributed by atoms with Gasteiger partial charge >= 0.3 is 0 Å². The molecule has 0 saturated heterocycles. The molecule has 1 aromatic heterocycles. The number of aromatic nitrogens is 2. The van der Waals surface area contributed by atoms with Crippen LogP contribution in [0.4, 0.5) is 5.69 Å². The number of halogens is 1. The number of nitrogens with one attached hydrogen (secondary N) is 6. The van der Waals surface area contributed by atoms with Crippen molar-refractivity contribution >= 4 is 50.9 Å². The number of carbonyl (C=O) groups is 4. The number of hydrogen-bond donors (Lipinski definition) is 6. The van der Waals surface area contributed by atoms with Gasteiger partial charge in [-0.2, -0.15) is 0 Å². The number of anilines is 1. The van der Waals surface area contributed by atoms with Crippen molar-refractivity contribution in [2.45, 2.75) is 64.8 Å². The predicted octanol–water partition coefficient (Wildman–Crippen LogP) is 5.39. The molecule has 4 amide bonds. The van der Waals surface area contributed by atoms with Crippen LogP contribution in [0.25, 0.3) is 11.4 Å². The van der Waals surface area contributed by atoms with E-state index < -0.39 is 51.9 Å². The molecule has 4 atom stereocenters. The van der Waals surface area contributed by atoms with Crippen LogP contribution in [-0.4, -0.2) is 80.0 Å². The largest absolute Gasteiger partial charge is 0.350 e. The number of H-pyrrole nitrogens is 1. The third kappa shape index (κ3) is 13.2. The lowest BCUT2D eigenvalue weighted by molar-refractivity contribution is -0.131. The molecular formula is C45H53ClN8O6S. The summed E-state index contributed by atoms with van der Waals surface area (Å²) in [6.07, 6.45) is 4.83. The Morgan fingerprint density at radius 3 is 2.07 bits per heavy atom. The minimum absolute atomic E-state index is 0.0525. The lowest BCUT2D eigenvalue weighted by Crippen LogP contribution is -2.55. The van der Waals surface area contributed by atoms with Crippen LogP contribution in [0.3, 0.4) is 0 Å². The van der Waals surface area contributed by atoms with Gasteiger partial charge in [-0.05, 0) is 73.2 Å². The van der Waals surface area contributed by atoms with E-state index in [1.165, 1.54) is 25.2 Å². The van der Waals surface area contributed by atoms with E-state index in [1.807, 2.05) is 74.5 Å². The Hall–Kier alpha value is -6.03. The molecule has 0 spiro atoms. The monoisotopic (exact) mass is 868 g/mol. The van der Waals surface area contributed by atoms with Crippen molar-refractivity contribution in [3.8, 4) is 11.4 Å². The number of benzene rings is 4. The summed E-state index contributed by atoms with van der Waals surface area (Å²) in [4.78, 5) is 61.8. The van der Waals surface area contributed by atoms with E-state index in [0.717, 1.165) is 38.6 Å². The van der Waals surface area contributed by atoms with Crippen LogP contribution in [0.15, 0.2) is 109 Å². The Bertz CT molecular complexity index is 2400. The molecule has 0 saturated carbocycles. The molecule has 5 rings (SSSR count). The molecule has 0 aliphatic carbocycles. The summed E-state index contributed by atoms with van der Waals surface area (Å²) in [7, 11) is -2.43. The molecule has 0 unspecified atom stereocenters. The fourth-order valence-electron chi connectivity index (χ4n) is 6.46. The molecule has 4 aromatic carbocycles. The molecule has 0 aliphatic rings. The highest BCUT2D eigenvalue weighted by Crippen LogP contribution is 2.23. The minimum Gasteiger partial charge on any atom is -0.350 e. The van der Waals surface area contributed by atoms with Crippen molar-refractivity contribution in [2.24, 2.45) is 5.92 Å². The van der Waals surface area contributed by atoms with Gasteiger partial charge in [-0.25, -0.2) is 13.4 Å². The van der Waals surface area contributed by atoms with Crippen LogP contribution in [0, 0.1) is 5.92 Å². The summed E-state index contributed by atoms with van der Waals surface area (Å²) in [5.74, 6) is -1.28. The first-order valence-electron chi connectivity index (χ1n) is 19.9.